The Hall–Kier alpha value is -1.30. The van der Waals surface area contributed by atoms with Crippen molar-refractivity contribution in [2.75, 3.05) is 27.2 Å². The van der Waals surface area contributed by atoms with Crippen molar-refractivity contribution in [1.29, 1.82) is 0 Å². The van der Waals surface area contributed by atoms with E-state index in [0.29, 0.717) is 25.0 Å². The first-order valence-electron chi connectivity index (χ1n) is 7.57. The summed E-state index contributed by atoms with van der Waals surface area (Å²) in [6, 6.07) is 0.352. The van der Waals surface area contributed by atoms with E-state index in [1.807, 2.05) is 0 Å². The summed E-state index contributed by atoms with van der Waals surface area (Å²) in [6.07, 6.45) is 5.99. The molecule has 3 unspecified atom stereocenters. The molecular weight excluding hydrogens is 256 g/mol. The van der Waals surface area contributed by atoms with Gasteiger partial charge in [-0.1, -0.05) is 12.8 Å². The summed E-state index contributed by atoms with van der Waals surface area (Å²) in [5, 5.41) is 9.08. The van der Waals surface area contributed by atoms with Crippen molar-refractivity contribution in [3.05, 3.63) is 0 Å². The van der Waals surface area contributed by atoms with Gasteiger partial charge < -0.3 is 20.9 Å². The molecule has 2 aliphatic rings. The maximum atomic E-state index is 12.1. The smallest absolute Gasteiger partial charge is 0.316 e. The molecule has 0 spiro atoms. The molecule has 0 aromatic heterocycles. The van der Waals surface area contributed by atoms with Gasteiger partial charge in [0.25, 0.3) is 0 Å². The van der Waals surface area contributed by atoms with Gasteiger partial charge in [0.2, 0.25) is 5.91 Å². The van der Waals surface area contributed by atoms with Gasteiger partial charge >= 0.3 is 6.03 Å². The second-order valence-electron chi connectivity index (χ2n) is 6.02. The van der Waals surface area contributed by atoms with Gasteiger partial charge in [-0.3, -0.25) is 4.79 Å². The Morgan fingerprint density at radius 3 is 2.55 bits per heavy atom. The van der Waals surface area contributed by atoms with E-state index in [0.717, 1.165) is 6.42 Å². The highest BCUT2D eigenvalue weighted by atomic mass is 16.2. The number of carbonyl (C=O) groups excluding carboxylic acids is 2. The van der Waals surface area contributed by atoms with Gasteiger partial charge in [0.15, 0.2) is 0 Å². The van der Waals surface area contributed by atoms with Crippen LogP contribution in [0.5, 0.6) is 0 Å². The first kappa shape index (κ1) is 15.1. The summed E-state index contributed by atoms with van der Waals surface area (Å²) < 4.78 is 0. The Kier molecular flexibility index (Phi) is 5.23. The number of hydrogen-bond donors (Lipinski definition) is 3. The third-order valence-corrected chi connectivity index (χ3v) is 4.29. The second-order valence-corrected chi connectivity index (χ2v) is 6.02. The van der Waals surface area contributed by atoms with E-state index >= 15 is 0 Å². The minimum Gasteiger partial charge on any atom is -0.353 e. The first-order valence-corrected chi connectivity index (χ1v) is 7.57. The van der Waals surface area contributed by atoms with Gasteiger partial charge in [-0.25, -0.2) is 4.79 Å². The summed E-state index contributed by atoms with van der Waals surface area (Å²) in [6.45, 7) is 0.939. The van der Waals surface area contributed by atoms with Gasteiger partial charge in [-0.15, -0.1) is 0 Å². The summed E-state index contributed by atoms with van der Waals surface area (Å²) in [5.74, 6) is 0.742. The SMILES string of the molecule is CN(C)C(=O)NCCNC(=O)C1CC2CCCCC2N1. The van der Waals surface area contributed by atoms with Crippen LogP contribution < -0.4 is 16.0 Å². The van der Waals surface area contributed by atoms with Crippen molar-refractivity contribution in [2.45, 2.75) is 44.2 Å². The van der Waals surface area contributed by atoms with Gasteiger partial charge in [0.1, 0.15) is 0 Å². The molecule has 2 rings (SSSR count). The minimum absolute atomic E-state index is 0.0485. The summed E-state index contributed by atoms with van der Waals surface area (Å²) in [4.78, 5) is 24.9. The van der Waals surface area contributed by atoms with Crippen molar-refractivity contribution in [3.8, 4) is 0 Å². The van der Waals surface area contributed by atoms with Crippen LogP contribution in [0.4, 0.5) is 4.79 Å². The van der Waals surface area contributed by atoms with Crippen LogP contribution in [0.15, 0.2) is 0 Å². The fraction of sp³-hybridized carbons (Fsp3) is 0.857. The highest BCUT2D eigenvalue weighted by Crippen LogP contribution is 2.33. The Morgan fingerprint density at radius 1 is 1.15 bits per heavy atom. The van der Waals surface area contributed by atoms with Crippen LogP contribution in [-0.2, 0) is 4.79 Å². The minimum atomic E-state index is -0.135. The van der Waals surface area contributed by atoms with E-state index in [-0.39, 0.29) is 18.0 Å². The molecule has 1 heterocycles. The molecule has 20 heavy (non-hydrogen) atoms. The normalized spacial score (nSPS) is 28.6. The average molecular weight is 282 g/mol. The lowest BCUT2D eigenvalue weighted by atomic mass is 9.85. The predicted molar refractivity (Wildman–Crippen MR) is 77.4 cm³/mol. The molecule has 1 aliphatic heterocycles. The lowest BCUT2D eigenvalue weighted by Gasteiger charge is -2.24. The fourth-order valence-electron chi connectivity index (χ4n) is 3.16. The van der Waals surface area contributed by atoms with Crippen molar-refractivity contribution < 1.29 is 9.59 Å². The zero-order valence-corrected chi connectivity index (χ0v) is 12.4. The average Bonchev–Trinajstić information content (AvgIpc) is 2.86. The lowest BCUT2D eigenvalue weighted by Crippen LogP contribution is -2.46. The number of nitrogens with one attached hydrogen (secondary N) is 3. The quantitative estimate of drug-likeness (QED) is 0.649. The molecule has 0 aromatic rings. The van der Waals surface area contributed by atoms with Crippen LogP contribution in [0.1, 0.15) is 32.1 Å². The highest BCUT2D eigenvalue weighted by Gasteiger charge is 2.37. The van der Waals surface area contributed by atoms with E-state index in [2.05, 4.69) is 16.0 Å². The zero-order valence-electron chi connectivity index (χ0n) is 12.4. The Labute approximate surface area is 120 Å². The molecule has 0 radical (unpaired) electrons. The number of nitrogens with zero attached hydrogens (tertiary/aromatic N) is 1. The van der Waals surface area contributed by atoms with E-state index in [1.165, 1.54) is 30.6 Å². The largest absolute Gasteiger partial charge is 0.353 e. The van der Waals surface area contributed by atoms with Crippen LogP contribution in [0.3, 0.4) is 0 Å². The van der Waals surface area contributed by atoms with Gasteiger partial charge in [0, 0.05) is 33.2 Å². The van der Waals surface area contributed by atoms with E-state index in [1.54, 1.807) is 14.1 Å². The standard InChI is InChI=1S/C14H26N4O2/c1-18(2)14(20)16-8-7-15-13(19)12-9-10-5-3-4-6-11(10)17-12/h10-12,17H,3-9H2,1-2H3,(H,15,19)(H,16,20). The molecule has 6 heteroatoms. The highest BCUT2D eigenvalue weighted by molar-refractivity contribution is 5.82. The van der Waals surface area contributed by atoms with Crippen molar-refractivity contribution >= 4 is 11.9 Å². The number of rotatable bonds is 4. The molecule has 6 nitrogen and oxygen atoms in total. The molecule has 3 amide bonds. The molecule has 1 aliphatic carbocycles. The van der Waals surface area contributed by atoms with Crippen LogP contribution in [-0.4, -0.2) is 56.1 Å². The van der Waals surface area contributed by atoms with E-state index < -0.39 is 0 Å². The van der Waals surface area contributed by atoms with Crippen LogP contribution in [0, 0.1) is 5.92 Å². The topological polar surface area (TPSA) is 73.5 Å². The van der Waals surface area contributed by atoms with Crippen molar-refractivity contribution in [3.63, 3.8) is 0 Å². The molecular formula is C14H26N4O2. The summed E-state index contributed by atoms with van der Waals surface area (Å²) >= 11 is 0. The van der Waals surface area contributed by atoms with Crippen LogP contribution in [0.25, 0.3) is 0 Å². The molecule has 0 bridgehead atoms. The van der Waals surface area contributed by atoms with Gasteiger partial charge in [-0.2, -0.15) is 0 Å². The number of amides is 3. The third-order valence-electron chi connectivity index (χ3n) is 4.29. The van der Waals surface area contributed by atoms with Crippen molar-refractivity contribution in [1.82, 2.24) is 20.9 Å². The van der Waals surface area contributed by atoms with E-state index in [9.17, 15) is 9.59 Å². The molecule has 3 N–H and O–H groups in total. The molecule has 114 valence electrons. The predicted octanol–water partition coefficient (Wildman–Crippen LogP) is 0.295. The number of carbonyl (C=O) groups is 2. The third kappa shape index (κ3) is 3.85. The van der Waals surface area contributed by atoms with Gasteiger partial charge in [-0.05, 0) is 25.2 Å². The maximum absolute atomic E-state index is 12.1. The Morgan fingerprint density at radius 2 is 1.85 bits per heavy atom. The number of fused-ring (bicyclic) bond motifs is 1. The van der Waals surface area contributed by atoms with Crippen molar-refractivity contribution in [2.24, 2.45) is 5.92 Å². The van der Waals surface area contributed by atoms with Gasteiger partial charge in [0.05, 0.1) is 6.04 Å². The second kappa shape index (κ2) is 6.92. The molecule has 0 aromatic carbocycles. The lowest BCUT2D eigenvalue weighted by molar-refractivity contribution is -0.122. The molecule has 2 fully saturated rings. The zero-order chi connectivity index (χ0) is 14.5. The number of urea groups is 1. The first-order chi connectivity index (χ1) is 9.58. The summed E-state index contributed by atoms with van der Waals surface area (Å²) in [7, 11) is 3.39. The molecule has 3 atom stereocenters. The summed E-state index contributed by atoms with van der Waals surface area (Å²) in [5.41, 5.74) is 0. The monoisotopic (exact) mass is 282 g/mol. The van der Waals surface area contributed by atoms with E-state index in [4.69, 9.17) is 0 Å². The Balaban J connectivity index is 1.64. The fourth-order valence-corrected chi connectivity index (χ4v) is 3.16. The van der Waals surface area contributed by atoms with Crippen LogP contribution >= 0.6 is 0 Å². The number of hydrogen-bond acceptors (Lipinski definition) is 3. The maximum Gasteiger partial charge on any atom is 0.316 e. The Bertz CT molecular complexity index is 345. The van der Waals surface area contributed by atoms with Crippen LogP contribution in [0.2, 0.25) is 0 Å². The molecule has 1 saturated heterocycles. The molecule has 1 saturated carbocycles.